The Labute approximate surface area is 109 Å². The number of ether oxygens (including phenoxy) is 1. The number of nitrogens with one attached hydrogen (secondary N) is 1. The van der Waals surface area contributed by atoms with E-state index in [9.17, 15) is 4.79 Å². The molecule has 1 N–H and O–H groups in total. The van der Waals surface area contributed by atoms with Gasteiger partial charge in [-0.25, -0.2) is 4.98 Å². The predicted octanol–water partition coefficient (Wildman–Crippen LogP) is 2.72. The Morgan fingerprint density at radius 2 is 1.89 bits per heavy atom. The lowest BCUT2D eigenvalue weighted by molar-refractivity contribution is -0.117. The number of carbonyl (C=O) groups is 1. The zero-order valence-corrected chi connectivity index (χ0v) is 10.0. The molecule has 2 heterocycles. The maximum absolute atomic E-state index is 11.8. The first-order valence-electron chi connectivity index (χ1n) is 6.07. The number of fused-ring (bicyclic) bond motifs is 2. The van der Waals surface area contributed by atoms with Crippen LogP contribution in [0.1, 0.15) is 0 Å². The van der Waals surface area contributed by atoms with Crippen LogP contribution in [-0.2, 0) is 4.79 Å². The van der Waals surface area contributed by atoms with Crippen molar-refractivity contribution in [3.8, 4) is 5.75 Å². The molecule has 0 saturated carbocycles. The van der Waals surface area contributed by atoms with Crippen LogP contribution in [0.5, 0.6) is 5.75 Å². The minimum absolute atomic E-state index is 0.0299. The van der Waals surface area contributed by atoms with Crippen molar-refractivity contribution < 1.29 is 9.53 Å². The average Bonchev–Trinajstić information content (AvgIpc) is 2.60. The molecule has 4 nitrogen and oxygen atoms in total. The van der Waals surface area contributed by atoms with E-state index in [2.05, 4.69) is 10.3 Å². The molecule has 0 spiro atoms. The minimum atomic E-state index is -0.145. The van der Waals surface area contributed by atoms with Crippen LogP contribution in [0.2, 0.25) is 0 Å². The summed E-state index contributed by atoms with van der Waals surface area (Å²) in [7, 11) is 0. The van der Waals surface area contributed by atoms with E-state index in [1.165, 1.54) is 0 Å². The quantitative estimate of drug-likeness (QED) is 0.624. The third-order valence-electron chi connectivity index (χ3n) is 3.29. The third kappa shape index (κ3) is 1.46. The molecule has 1 aliphatic rings. The summed E-state index contributed by atoms with van der Waals surface area (Å²) in [6.45, 7) is 0.0299. The lowest BCUT2D eigenvalue weighted by Gasteiger charge is -2.10. The molecule has 2 aromatic carbocycles. The van der Waals surface area contributed by atoms with E-state index in [1.54, 1.807) is 0 Å². The first-order valence-corrected chi connectivity index (χ1v) is 6.07. The van der Waals surface area contributed by atoms with E-state index in [1.807, 2.05) is 42.5 Å². The standard InChI is InChI=1S/C15H10N2O2/c18-13-8-19-12-7-3-6-11-14(12)15(17-13)9-4-1-2-5-10(9)16-11/h1-7H,8H2,(H,17,18). The summed E-state index contributed by atoms with van der Waals surface area (Å²) >= 11 is 0. The second kappa shape index (κ2) is 3.68. The lowest BCUT2D eigenvalue weighted by Crippen LogP contribution is -2.17. The van der Waals surface area contributed by atoms with Crippen LogP contribution in [0.4, 0.5) is 5.69 Å². The lowest BCUT2D eigenvalue weighted by atomic mass is 10.1. The number of amides is 1. The first kappa shape index (κ1) is 10.3. The van der Waals surface area contributed by atoms with Crippen LogP contribution in [0.25, 0.3) is 21.8 Å². The molecule has 0 unspecified atom stereocenters. The molecule has 1 amide bonds. The summed E-state index contributed by atoms with van der Waals surface area (Å²) in [6.07, 6.45) is 0. The Hall–Kier alpha value is -2.62. The SMILES string of the molecule is O=C1COc2cccc3nc4ccccc4c(c23)N1. The van der Waals surface area contributed by atoms with Gasteiger partial charge < -0.3 is 10.1 Å². The summed E-state index contributed by atoms with van der Waals surface area (Å²) in [6, 6.07) is 13.5. The van der Waals surface area contributed by atoms with E-state index >= 15 is 0 Å². The fraction of sp³-hybridized carbons (Fsp3) is 0.0667. The molecule has 0 fully saturated rings. The summed E-state index contributed by atoms with van der Waals surface area (Å²) in [5.41, 5.74) is 2.48. The van der Waals surface area contributed by atoms with Crippen LogP contribution in [0.3, 0.4) is 0 Å². The van der Waals surface area contributed by atoms with Crippen LogP contribution in [0.15, 0.2) is 42.5 Å². The Kier molecular flexibility index (Phi) is 2.00. The van der Waals surface area contributed by atoms with Crippen molar-refractivity contribution in [2.45, 2.75) is 0 Å². The van der Waals surface area contributed by atoms with Gasteiger partial charge in [0.1, 0.15) is 5.75 Å². The number of rotatable bonds is 0. The molecular formula is C15H10N2O2. The highest BCUT2D eigenvalue weighted by Gasteiger charge is 2.19. The highest BCUT2D eigenvalue weighted by atomic mass is 16.5. The summed E-state index contributed by atoms with van der Waals surface area (Å²) < 4.78 is 5.53. The fourth-order valence-corrected chi connectivity index (χ4v) is 2.48. The number of pyridine rings is 1. The molecule has 1 aromatic heterocycles. The van der Waals surface area contributed by atoms with Gasteiger partial charge in [-0.15, -0.1) is 0 Å². The number of benzene rings is 2. The molecule has 0 bridgehead atoms. The van der Waals surface area contributed by atoms with E-state index in [0.29, 0.717) is 5.75 Å². The number of para-hydroxylation sites is 1. The molecule has 0 radical (unpaired) electrons. The molecule has 92 valence electrons. The second-order valence-electron chi connectivity index (χ2n) is 4.49. The van der Waals surface area contributed by atoms with Gasteiger partial charge in [0.15, 0.2) is 6.61 Å². The van der Waals surface area contributed by atoms with Crippen molar-refractivity contribution in [1.29, 1.82) is 0 Å². The van der Waals surface area contributed by atoms with Gasteiger partial charge in [-0.2, -0.15) is 0 Å². The Bertz CT molecular complexity index is 827. The molecule has 0 saturated heterocycles. The van der Waals surface area contributed by atoms with Gasteiger partial charge >= 0.3 is 0 Å². The number of aromatic nitrogens is 1. The second-order valence-corrected chi connectivity index (χ2v) is 4.49. The zero-order valence-electron chi connectivity index (χ0n) is 10.0. The number of anilines is 1. The molecule has 4 heteroatoms. The zero-order chi connectivity index (χ0) is 12.8. The van der Waals surface area contributed by atoms with Gasteiger partial charge in [-0.1, -0.05) is 24.3 Å². The fourth-order valence-electron chi connectivity index (χ4n) is 2.48. The van der Waals surface area contributed by atoms with E-state index in [-0.39, 0.29) is 12.5 Å². The Morgan fingerprint density at radius 3 is 2.84 bits per heavy atom. The molecule has 1 aliphatic heterocycles. The van der Waals surface area contributed by atoms with Crippen molar-refractivity contribution in [3.63, 3.8) is 0 Å². The maximum atomic E-state index is 11.8. The van der Waals surface area contributed by atoms with Crippen molar-refractivity contribution in [3.05, 3.63) is 42.5 Å². The smallest absolute Gasteiger partial charge is 0.262 e. The summed E-state index contributed by atoms with van der Waals surface area (Å²) in [4.78, 5) is 16.4. The van der Waals surface area contributed by atoms with Gasteiger partial charge in [-0.3, -0.25) is 4.79 Å². The molecular weight excluding hydrogens is 240 g/mol. The number of nitrogens with zero attached hydrogens (tertiary/aromatic N) is 1. The van der Waals surface area contributed by atoms with Crippen molar-refractivity contribution in [2.24, 2.45) is 0 Å². The first-order chi connectivity index (χ1) is 9.33. The number of carbonyl (C=O) groups excluding carboxylic acids is 1. The molecule has 19 heavy (non-hydrogen) atoms. The van der Waals surface area contributed by atoms with Gasteiger partial charge in [-0.05, 0) is 18.2 Å². The van der Waals surface area contributed by atoms with Gasteiger partial charge in [0.25, 0.3) is 5.91 Å². The van der Waals surface area contributed by atoms with Crippen LogP contribution >= 0.6 is 0 Å². The van der Waals surface area contributed by atoms with Crippen molar-refractivity contribution in [2.75, 3.05) is 11.9 Å². The minimum Gasteiger partial charge on any atom is -0.483 e. The average molecular weight is 250 g/mol. The van der Waals surface area contributed by atoms with Crippen molar-refractivity contribution >= 4 is 33.4 Å². The Balaban J connectivity index is 2.24. The highest BCUT2D eigenvalue weighted by Crippen LogP contribution is 2.37. The predicted molar refractivity (Wildman–Crippen MR) is 73.4 cm³/mol. The summed E-state index contributed by atoms with van der Waals surface area (Å²) in [5.74, 6) is 0.554. The molecule has 0 atom stereocenters. The van der Waals surface area contributed by atoms with Gasteiger partial charge in [0.05, 0.1) is 22.1 Å². The normalized spacial score (nSPS) is 14.0. The van der Waals surface area contributed by atoms with E-state index in [0.717, 1.165) is 27.5 Å². The van der Waals surface area contributed by atoms with Crippen LogP contribution < -0.4 is 10.1 Å². The monoisotopic (exact) mass is 250 g/mol. The van der Waals surface area contributed by atoms with Crippen molar-refractivity contribution in [1.82, 2.24) is 4.98 Å². The van der Waals surface area contributed by atoms with Gasteiger partial charge in [0, 0.05) is 5.39 Å². The maximum Gasteiger partial charge on any atom is 0.262 e. The van der Waals surface area contributed by atoms with Crippen LogP contribution in [0, 0.1) is 0 Å². The van der Waals surface area contributed by atoms with Crippen LogP contribution in [-0.4, -0.2) is 17.5 Å². The molecule has 4 rings (SSSR count). The highest BCUT2D eigenvalue weighted by molar-refractivity contribution is 6.15. The summed E-state index contributed by atoms with van der Waals surface area (Å²) in [5, 5.41) is 4.73. The molecule has 3 aromatic rings. The van der Waals surface area contributed by atoms with E-state index < -0.39 is 0 Å². The Morgan fingerprint density at radius 1 is 1.05 bits per heavy atom. The topological polar surface area (TPSA) is 51.2 Å². The third-order valence-corrected chi connectivity index (χ3v) is 3.29. The van der Waals surface area contributed by atoms with E-state index in [4.69, 9.17) is 4.74 Å². The largest absolute Gasteiger partial charge is 0.483 e. The van der Waals surface area contributed by atoms with Gasteiger partial charge in [0.2, 0.25) is 0 Å². The molecule has 0 aliphatic carbocycles. The number of hydrogen-bond acceptors (Lipinski definition) is 3. The number of hydrogen-bond donors (Lipinski definition) is 1.